The van der Waals surface area contributed by atoms with E-state index in [0.29, 0.717) is 22.8 Å². The zero-order chi connectivity index (χ0) is 14.0. The van der Waals surface area contributed by atoms with Crippen LogP contribution >= 0.6 is 34.8 Å². The summed E-state index contributed by atoms with van der Waals surface area (Å²) < 4.78 is 0. The SMILES string of the molecule is Oc1c(Cl)cc(NCc2cccc(Cl)c2O)cc1Cl. The molecule has 0 fully saturated rings. The van der Waals surface area contributed by atoms with Crippen molar-refractivity contribution in [2.24, 2.45) is 0 Å². The second-order valence-electron chi connectivity index (χ2n) is 3.89. The molecule has 0 aliphatic heterocycles. The summed E-state index contributed by atoms with van der Waals surface area (Å²) in [4.78, 5) is 0. The van der Waals surface area contributed by atoms with Gasteiger partial charge in [-0.15, -0.1) is 0 Å². The Hall–Kier alpha value is -1.29. The van der Waals surface area contributed by atoms with Crippen LogP contribution in [0, 0.1) is 0 Å². The summed E-state index contributed by atoms with van der Waals surface area (Å²) >= 11 is 17.4. The average Bonchev–Trinajstić information content (AvgIpc) is 2.37. The van der Waals surface area contributed by atoms with Gasteiger partial charge in [-0.3, -0.25) is 0 Å². The lowest BCUT2D eigenvalue weighted by Gasteiger charge is -2.10. The van der Waals surface area contributed by atoms with E-state index in [2.05, 4.69) is 5.32 Å². The third-order valence-electron chi connectivity index (χ3n) is 2.57. The van der Waals surface area contributed by atoms with Gasteiger partial charge in [-0.2, -0.15) is 0 Å². The standard InChI is InChI=1S/C13H10Cl3NO2/c14-9-3-1-2-7(12(9)18)6-17-8-4-10(15)13(19)11(16)5-8/h1-5,17-19H,6H2. The first kappa shape index (κ1) is 14.1. The topological polar surface area (TPSA) is 52.5 Å². The number of nitrogens with one attached hydrogen (secondary N) is 1. The van der Waals surface area contributed by atoms with E-state index in [4.69, 9.17) is 34.8 Å². The zero-order valence-electron chi connectivity index (χ0n) is 9.62. The number of benzene rings is 2. The fourth-order valence-corrected chi connectivity index (χ4v) is 2.25. The van der Waals surface area contributed by atoms with Crippen molar-refractivity contribution >= 4 is 40.5 Å². The van der Waals surface area contributed by atoms with E-state index in [1.54, 1.807) is 30.3 Å². The first-order valence-corrected chi connectivity index (χ1v) is 6.50. The first-order valence-electron chi connectivity index (χ1n) is 5.37. The van der Waals surface area contributed by atoms with Crippen LogP contribution in [0.3, 0.4) is 0 Å². The van der Waals surface area contributed by atoms with Crippen molar-refractivity contribution in [1.82, 2.24) is 0 Å². The number of hydrogen-bond donors (Lipinski definition) is 3. The Kier molecular flexibility index (Phi) is 4.30. The Labute approximate surface area is 125 Å². The maximum absolute atomic E-state index is 9.76. The molecular weight excluding hydrogens is 309 g/mol. The number of phenolic OH excluding ortho intramolecular Hbond substituents is 2. The number of para-hydroxylation sites is 1. The molecule has 2 rings (SSSR count). The van der Waals surface area contributed by atoms with Gasteiger partial charge in [0.2, 0.25) is 0 Å². The van der Waals surface area contributed by atoms with Gasteiger partial charge in [0.15, 0.2) is 5.75 Å². The van der Waals surface area contributed by atoms with E-state index in [1.807, 2.05) is 0 Å². The van der Waals surface area contributed by atoms with Crippen molar-refractivity contribution in [3.8, 4) is 11.5 Å². The summed E-state index contributed by atoms with van der Waals surface area (Å²) in [5, 5.41) is 22.9. The Morgan fingerprint density at radius 2 is 1.53 bits per heavy atom. The molecule has 0 bridgehead atoms. The van der Waals surface area contributed by atoms with E-state index >= 15 is 0 Å². The third-order valence-corrected chi connectivity index (χ3v) is 3.45. The Bertz CT molecular complexity index is 594. The molecule has 0 aliphatic rings. The Balaban J connectivity index is 2.17. The number of hydrogen-bond acceptors (Lipinski definition) is 3. The molecule has 0 aromatic heterocycles. The lowest BCUT2D eigenvalue weighted by atomic mass is 10.2. The van der Waals surface area contributed by atoms with Crippen LogP contribution in [0.4, 0.5) is 5.69 Å². The van der Waals surface area contributed by atoms with E-state index < -0.39 is 0 Å². The maximum Gasteiger partial charge on any atom is 0.152 e. The Morgan fingerprint density at radius 1 is 0.895 bits per heavy atom. The van der Waals surface area contributed by atoms with Crippen molar-refractivity contribution in [3.63, 3.8) is 0 Å². The summed E-state index contributed by atoms with van der Waals surface area (Å²) in [7, 11) is 0. The highest BCUT2D eigenvalue weighted by atomic mass is 35.5. The first-order chi connectivity index (χ1) is 8.99. The van der Waals surface area contributed by atoms with Crippen LogP contribution in [-0.4, -0.2) is 10.2 Å². The summed E-state index contributed by atoms with van der Waals surface area (Å²) in [5.41, 5.74) is 1.28. The molecule has 0 heterocycles. The van der Waals surface area contributed by atoms with Crippen LogP contribution in [0.25, 0.3) is 0 Å². The largest absolute Gasteiger partial charge is 0.506 e. The van der Waals surface area contributed by atoms with Crippen molar-refractivity contribution in [2.75, 3.05) is 5.32 Å². The lowest BCUT2D eigenvalue weighted by molar-refractivity contribution is 0.469. The minimum atomic E-state index is -0.153. The summed E-state index contributed by atoms with van der Waals surface area (Å²) in [6.07, 6.45) is 0. The average molecular weight is 319 g/mol. The van der Waals surface area contributed by atoms with Gasteiger partial charge in [-0.05, 0) is 18.2 Å². The molecule has 0 radical (unpaired) electrons. The smallest absolute Gasteiger partial charge is 0.152 e. The highest BCUT2D eigenvalue weighted by Crippen LogP contribution is 2.35. The molecule has 0 aliphatic carbocycles. The van der Waals surface area contributed by atoms with Gasteiger partial charge < -0.3 is 15.5 Å². The molecule has 0 saturated carbocycles. The van der Waals surface area contributed by atoms with Crippen LogP contribution in [-0.2, 0) is 6.54 Å². The van der Waals surface area contributed by atoms with Crippen LogP contribution < -0.4 is 5.32 Å². The minimum absolute atomic E-state index is 0.0349. The predicted molar refractivity (Wildman–Crippen MR) is 78.6 cm³/mol. The summed E-state index contributed by atoms with van der Waals surface area (Å²) in [5.74, 6) is -0.118. The van der Waals surface area contributed by atoms with Crippen LogP contribution in [0.1, 0.15) is 5.56 Å². The highest BCUT2D eigenvalue weighted by Gasteiger charge is 2.08. The van der Waals surface area contributed by atoms with Gasteiger partial charge in [0.25, 0.3) is 0 Å². The van der Waals surface area contributed by atoms with Gasteiger partial charge in [0.1, 0.15) is 5.75 Å². The predicted octanol–water partition coefficient (Wildman–Crippen LogP) is 4.67. The zero-order valence-corrected chi connectivity index (χ0v) is 11.9. The monoisotopic (exact) mass is 317 g/mol. The normalized spacial score (nSPS) is 10.5. The molecule has 3 nitrogen and oxygen atoms in total. The van der Waals surface area contributed by atoms with Gasteiger partial charge in [-0.25, -0.2) is 0 Å². The van der Waals surface area contributed by atoms with Crippen molar-refractivity contribution in [3.05, 3.63) is 51.0 Å². The van der Waals surface area contributed by atoms with Crippen LogP contribution in [0.15, 0.2) is 30.3 Å². The molecule has 0 amide bonds. The molecule has 2 aromatic carbocycles. The molecule has 0 spiro atoms. The fourth-order valence-electron chi connectivity index (χ4n) is 1.57. The summed E-state index contributed by atoms with van der Waals surface area (Å²) in [6, 6.07) is 8.19. The minimum Gasteiger partial charge on any atom is -0.506 e. The molecule has 2 aromatic rings. The number of halogens is 3. The molecular formula is C13H10Cl3NO2. The second kappa shape index (κ2) is 5.78. The molecule has 0 unspecified atom stereocenters. The molecule has 0 atom stereocenters. The van der Waals surface area contributed by atoms with Crippen molar-refractivity contribution in [2.45, 2.75) is 6.54 Å². The van der Waals surface area contributed by atoms with E-state index in [1.165, 1.54) is 0 Å². The van der Waals surface area contributed by atoms with Gasteiger partial charge in [0.05, 0.1) is 15.1 Å². The maximum atomic E-state index is 9.76. The van der Waals surface area contributed by atoms with Gasteiger partial charge >= 0.3 is 0 Å². The van der Waals surface area contributed by atoms with Crippen LogP contribution in [0.5, 0.6) is 11.5 Å². The fraction of sp³-hybridized carbons (Fsp3) is 0.0769. The number of aromatic hydroxyl groups is 2. The van der Waals surface area contributed by atoms with Crippen LogP contribution in [0.2, 0.25) is 15.1 Å². The second-order valence-corrected chi connectivity index (χ2v) is 5.11. The molecule has 19 heavy (non-hydrogen) atoms. The highest BCUT2D eigenvalue weighted by molar-refractivity contribution is 6.37. The number of phenols is 2. The van der Waals surface area contributed by atoms with E-state index in [9.17, 15) is 10.2 Å². The van der Waals surface area contributed by atoms with E-state index in [0.717, 1.165) is 0 Å². The van der Waals surface area contributed by atoms with Gasteiger partial charge in [0, 0.05) is 17.8 Å². The number of anilines is 1. The summed E-state index contributed by atoms with van der Waals surface area (Å²) in [6.45, 7) is 0.351. The quantitative estimate of drug-likeness (QED) is 0.721. The number of rotatable bonds is 3. The molecule has 6 heteroatoms. The molecule has 0 saturated heterocycles. The van der Waals surface area contributed by atoms with E-state index in [-0.39, 0.29) is 21.5 Å². The van der Waals surface area contributed by atoms with Crippen molar-refractivity contribution in [1.29, 1.82) is 0 Å². The third kappa shape index (κ3) is 3.18. The molecule has 3 N–H and O–H groups in total. The van der Waals surface area contributed by atoms with Gasteiger partial charge in [-0.1, -0.05) is 46.9 Å². The lowest BCUT2D eigenvalue weighted by Crippen LogP contribution is -2.00. The Morgan fingerprint density at radius 3 is 2.16 bits per heavy atom. The van der Waals surface area contributed by atoms with Crippen molar-refractivity contribution < 1.29 is 10.2 Å². The molecule has 100 valence electrons.